The number of alkyl carbamates (subject to hydrolysis) is 1. The van der Waals surface area contributed by atoms with Crippen LogP contribution in [-0.2, 0) is 14.3 Å². The molecule has 2 atom stereocenters. The highest BCUT2D eigenvalue weighted by atomic mass is 16.5. The molecule has 1 aliphatic rings. The van der Waals surface area contributed by atoms with Gasteiger partial charge in [-0.15, -0.1) is 0 Å². The number of carboxylic acid groups (broad SMARTS) is 1. The van der Waals surface area contributed by atoms with Crippen molar-refractivity contribution in [2.75, 3.05) is 13.2 Å². The van der Waals surface area contributed by atoms with Crippen LogP contribution in [0.2, 0.25) is 0 Å². The fourth-order valence-electron chi connectivity index (χ4n) is 4.13. The number of benzene rings is 2. The molecule has 34 heavy (non-hydrogen) atoms. The van der Waals surface area contributed by atoms with Crippen LogP contribution in [0.4, 0.5) is 4.79 Å². The predicted octanol–water partition coefficient (Wildman–Crippen LogP) is 3.28. The maximum absolute atomic E-state index is 12.8. The lowest BCUT2D eigenvalue weighted by Gasteiger charge is -2.31. The number of hydrogen-bond acceptors (Lipinski definition) is 5. The summed E-state index contributed by atoms with van der Waals surface area (Å²) in [6.07, 6.45) is -1.21. The molecular weight excluding hydrogens is 436 g/mol. The number of fused-ring (bicyclic) bond motifs is 3. The minimum atomic E-state index is -1.11. The Morgan fingerprint density at radius 2 is 1.53 bits per heavy atom. The van der Waals surface area contributed by atoms with Crippen molar-refractivity contribution in [1.29, 1.82) is 0 Å². The molecule has 0 fully saturated rings. The monoisotopic (exact) mass is 468 g/mol. The number of hydrogen-bond donors (Lipinski definition) is 4. The summed E-state index contributed by atoms with van der Waals surface area (Å²) in [7, 11) is 0. The van der Waals surface area contributed by atoms with Gasteiger partial charge in [-0.05, 0) is 34.1 Å². The summed E-state index contributed by atoms with van der Waals surface area (Å²) in [5, 5.41) is 23.9. The molecule has 0 saturated carbocycles. The van der Waals surface area contributed by atoms with E-state index in [-0.39, 0.29) is 32.0 Å². The van der Waals surface area contributed by atoms with Crippen LogP contribution in [0.15, 0.2) is 48.5 Å². The smallest absolute Gasteiger partial charge is 0.407 e. The molecule has 0 bridgehead atoms. The Morgan fingerprint density at radius 1 is 0.971 bits per heavy atom. The second-order valence-electron chi connectivity index (χ2n) is 9.56. The summed E-state index contributed by atoms with van der Waals surface area (Å²) in [5.41, 5.74) is 3.90. The van der Waals surface area contributed by atoms with Gasteiger partial charge in [-0.3, -0.25) is 9.59 Å². The van der Waals surface area contributed by atoms with Gasteiger partial charge in [0, 0.05) is 12.3 Å². The average Bonchev–Trinajstić information content (AvgIpc) is 3.11. The van der Waals surface area contributed by atoms with Crippen molar-refractivity contribution >= 4 is 18.0 Å². The molecule has 0 saturated heterocycles. The Bertz CT molecular complexity index is 1000. The Hall–Kier alpha value is -3.39. The molecule has 3 rings (SSSR count). The normalized spacial score (nSPS) is 14.5. The fourth-order valence-corrected chi connectivity index (χ4v) is 4.13. The molecule has 0 radical (unpaired) electrons. The minimum absolute atomic E-state index is 0.0778. The van der Waals surface area contributed by atoms with E-state index in [1.54, 1.807) is 0 Å². The second-order valence-corrected chi connectivity index (χ2v) is 9.56. The van der Waals surface area contributed by atoms with E-state index in [0.717, 1.165) is 22.3 Å². The molecule has 4 N–H and O–H groups in total. The van der Waals surface area contributed by atoms with Crippen molar-refractivity contribution in [1.82, 2.24) is 10.6 Å². The zero-order valence-corrected chi connectivity index (χ0v) is 19.7. The molecule has 0 aromatic heterocycles. The molecule has 0 heterocycles. The zero-order chi connectivity index (χ0) is 24.9. The van der Waals surface area contributed by atoms with Crippen LogP contribution < -0.4 is 10.6 Å². The van der Waals surface area contributed by atoms with Gasteiger partial charge in [-0.2, -0.15) is 0 Å². The summed E-state index contributed by atoms with van der Waals surface area (Å²) in [6, 6.07) is 14.2. The molecule has 2 aromatic rings. The lowest BCUT2D eigenvalue weighted by molar-refractivity contribution is -0.137. The minimum Gasteiger partial charge on any atom is -0.481 e. The Morgan fingerprint density at radius 3 is 2.03 bits per heavy atom. The number of ether oxygens (including phenoxy) is 1. The molecule has 182 valence electrons. The number of carbonyl (C=O) groups is 3. The predicted molar refractivity (Wildman–Crippen MR) is 127 cm³/mol. The number of nitrogens with one attached hydrogen (secondary N) is 2. The van der Waals surface area contributed by atoms with E-state index in [2.05, 4.69) is 10.6 Å². The van der Waals surface area contributed by atoms with Crippen LogP contribution in [0, 0.1) is 5.41 Å². The molecule has 2 aromatic carbocycles. The zero-order valence-electron chi connectivity index (χ0n) is 19.7. The van der Waals surface area contributed by atoms with E-state index >= 15 is 0 Å². The molecule has 2 amide bonds. The van der Waals surface area contributed by atoms with Crippen LogP contribution in [-0.4, -0.2) is 53.5 Å². The first-order valence-electron chi connectivity index (χ1n) is 11.4. The number of aliphatic hydroxyl groups excluding tert-OH is 1. The number of rotatable bonds is 9. The molecule has 1 aliphatic carbocycles. The van der Waals surface area contributed by atoms with Crippen molar-refractivity contribution < 1.29 is 29.3 Å². The van der Waals surface area contributed by atoms with Gasteiger partial charge in [0.15, 0.2) is 0 Å². The molecule has 2 unspecified atom stereocenters. The summed E-state index contributed by atoms with van der Waals surface area (Å²) in [6.45, 7) is 5.37. The van der Waals surface area contributed by atoms with Gasteiger partial charge in [0.05, 0.1) is 12.6 Å². The topological polar surface area (TPSA) is 125 Å². The van der Waals surface area contributed by atoms with E-state index in [1.165, 1.54) is 0 Å². The molecule has 0 aliphatic heterocycles. The van der Waals surface area contributed by atoms with Crippen LogP contribution in [0.5, 0.6) is 0 Å². The summed E-state index contributed by atoms with van der Waals surface area (Å²) >= 11 is 0. The maximum Gasteiger partial charge on any atom is 0.407 e. The third-order valence-electron chi connectivity index (χ3n) is 6.14. The van der Waals surface area contributed by atoms with Crippen molar-refractivity contribution in [2.24, 2.45) is 5.41 Å². The van der Waals surface area contributed by atoms with Crippen molar-refractivity contribution in [2.45, 2.75) is 51.6 Å². The first-order chi connectivity index (χ1) is 16.1. The van der Waals surface area contributed by atoms with Gasteiger partial charge in [0.25, 0.3) is 0 Å². The van der Waals surface area contributed by atoms with Crippen molar-refractivity contribution in [3.63, 3.8) is 0 Å². The van der Waals surface area contributed by atoms with Gasteiger partial charge in [0.1, 0.15) is 12.6 Å². The third-order valence-corrected chi connectivity index (χ3v) is 6.14. The van der Waals surface area contributed by atoms with Gasteiger partial charge in [0.2, 0.25) is 5.91 Å². The summed E-state index contributed by atoms with van der Waals surface area (Å²) < 4.78 is 5.50. The van der Waals surface area contributed by atoms with Gasteiger partial charge >= 0.3 is 12.1 Å². The van der Waals surface area contributed by atoms with Crippen LogP contribution in [0.1, 0.15) is 50.7 Å². The standard InChI is InChI=1S/C26H32N2O6/c1-26(2,3)22(14-29)28-24(32)21(12-13-23(30)31)27-25(33)34-15-20-18-10-6-4-8-16(18)17-9-5-7-11-19(17)20/h4-11,20-22,29H,12-15H2,1-3H3,(H,27,33)(H,28,32)(H,30,31). The SMILES string of the molecule is CC(C)(C)C(CO)NC(=O)C(CCC(=O)O)NC(=O)OCC1c2ccccc2-c2ccccc21. The van der Waals surface area contributed by atoms with Gasteiger partial charge in [-0.25, -0.2) is 4.79 Å². The quantitative estimate of drug-likeness (QED) is 0.448. The Balaban J connectivity index is 1.68. The van der Waals surface area contributed by atoms with Crippen LogP contribution in [0.25, 0.3) is 11.1 Å². The Kier molecular flexibility index (Phi) is 7.94. The van der Waals surface area contributed by atoms with E-state index in [4.69, 9.17) is 9.84 Å². The number of aliphatic carboxylic acids is 1. The molecule has 8 nitrogen and oxygen atoms in total. The Labute approximate surface area is 199 Å². The lowest BCUT2D eigenvalue weighted by atomic mass is 9.87. The van der Waals surface area contributed by atoms with Crippen molar-refractivity contribution in [3.8, 4) is 11.1 Å². The first kappa shape index (κ1) is 25.2. The highest BCUT2D eigenvalue weighted by Gasteiger charge is 2.32. The average molecular weight is 469 g/mol. The number of amides is 2. The lowest BCUT2D eigenvalue weighted by Crippen LogP contribution is -2.54. The van der Waals surface area contributed by atoms with Crippen LogP contribution in [0.3, 0.4) is 0 Å². The highest BCUT2D eigenvalue weighted by Crippen LogP contribution is 2.44. The van der Waals surface area contributed by atoms with Gasteiger partial charge in [-0.1, -0.05) is 69.3 Å². The summed E-state index contributed by atoms with van der Waals surface area (Å²) in [5.74, 6) is -1.78. The first-order valence-corrected chi connectivity index (χ1v) is 11.4. The second kappa shape index (κ2) is 10.7. The summed E-state index contributed by atoms with van der Waals surface area (Å²) in [4.78, 5) is 36.5. The van der Waals surface area contributed by atoms with Gasteiger partial charge < -0.3 is 25.6 Å². The maximum atomic E-state index is 12.8. The number of aliphatic hydroxyl groups is 1. The van der Waals surface area contributed by atoms with E-state index in [1.807, 2.05) is 69.3 Å². The number of carboxylic acids is 1. The third kappa shape index (κ3) is 5.94. The molecular formula is C26H32N2O6. The fraction of sp³-hybridized carbons (Fsp3) is 0.423. The molecule has 0 spiro atoms. The van der Waals surface area contributed by atoms with Crippen LogP contribution >= 0.6 is 0 Å². The van der Waals surface area contributed by atoms with E-state index in [0.29, 0.717) is 0 Å². The van der Waals surface area contributed by atoms with E-state index < -0.39 is 35.5 Å². The molecule has 8 heteroatoms. The van der Waals surface area contributed by atoms with E-state index in [9.17, 15) is 19.5 Å². The highest BCUT2D eigenvalue weighted by molar-refractivity contribution is 5.86. The van der Waals surface area contributed by atoms with Crippen molar-refractivity contribution in [3.05, 3.63) is 59.7 Å². The number of carbonyl (C=O) groups excluding carboxylic acids is 2. The largest absolute Gasteiger partial charge is 0.481 e.